The molecule has 0 saturated carbocycles. The van der Waals surface area contributed by atoms with Crippen LogP contribution in [-0.4, -0.2) is 61.4 Å². The summed E-state index contributed by atoms with van der Waals surface area (Å²) in [6, 6.07) is 0.137. The Morgan fingerprint density at radius 1 is 1.56 bits per heavy atom. The standard InChI is InChI=1S/C11H20N2O3/c1-12-10-7-16-6-9(10)11(15)13-4-2-3-8(13)5-14/h8-10,12,14H,2-7H2,1H3/t8-,9?,10?/m1/s1. The molecule has 0 aliphatic carbocycles. The second-order valence-electron chi connectivity index (χ2n) is 4.55. The van der Waals surface area contributed by atoms with Gasteiger partial charge in [-0.15, -0.1) is 0 Å². The molecule has 2 N–H and O–H groups in total. The summed E-state index contributed by atoms with van der Waals surface area (Å²) in [5.41, 5.74) is 0. The van der Waals surface area contributed by atoms with E-state index in [1.807, 2.05) is 11.9 Å². The Labute approximate surface area is 95.8 Å². The number of aliphatic hydroxyl groups excluding tert-OH is 1. The molecule has 0 aromatic carbocycles. The number of nitrogens with one attached hydrogen (secondary N) is 1. The van der Waals surface area contributed by atoms with Gasteiger partial charge in [-0.1, -0.05) is 0 Å². The van der Waals surface area contributed by atoms with Gasteiger partial charge in [0.2, 0.25) is 5.91 Å². The van der Waals surface area contributed by atoms with Crippen molar-refractivity contribution in [1.82, 2.24) is 10.2 Å². The minimum Gasteiger partial charge on any atom is -0.394 e. The molecule has 0 spiro atoms. The van der Waals surface area contributed by atoms with E-state index in [0.717, 1.165) is 19.4 Å². The normalized spacial score (nSPS) is 34.6. The highest BCUT2D eigenvalue weighted by molar-refractivity contribution is 5.80. The Morgan fingerprint density at radius 3 is 3.06 bits per heavy atom. The first kappa shape index (κ1) is 11.8. The quantitative estimate of drug-likeness (QED) is 0.664. The summed E-state index contributed by atoms with van der Waals surface area (Å²) in [6.07, 6.45) is 1.91. The summed E-state index contributed by atoms with van der Waals surface area (Å²) in [6.45, 7) is 1.95. The molecule has 5 nitrogen and oxygen atoms in total. The number of carbonyl (C=O) groups excluding carboxylic acids is 1. The molecule has 0 bridgehead atoms. The summed E-state index contributed by atoms with van der Waals surface area (Å²) in [7, 11) is 1.85. The fourth-order valence-electron chi connectivity index (χ4n) is 2.61. The van der Waals surface area contributed by atoms with E-state index in [-0.39, 0.29) is 30.5 Å². The molecule has 5 heteroatoms. The van der Waals surface area contributed by atoms with Crippen molar-refractivity contribution in [2.24, 2.45) is 5.92 Å². The van der Waals surface area contributed by atoms with Gasteiger partial charge in [-0.25, -0.2) is 0 Å². The maximum absolute atomic E-state index is 12.3. The highest BCUT2D eigenvalue weighted by Crippen LogP contribution is 2.23. The van der Waals surface area contributed by atoms with Gasteiger partial charge in [0.15, 0.2) is 0 Å². The van der Waals surface area contributed by atoms with Gasteiger partial charge in [-0.05, 0) is 19.9 Å². The van der Waals surface area contributed by atoms with Crippen LogP contribution in [0.5, 0.6) is 0 Å². The SMILES string of the molecule is CNC1COCC1C(=O)N1CCC[C@@H]1CO. The van der Waals surface area contributed by atoms with Crippen LogP contribution in [0.1, 0.15) is 12.8 Å². The van der Waals surface area contributed by atoms with E-state index >= 15 is 0 Å². The molecule has 16 heavy (non-hydrogen) atoms. The summed E-state index contributed by atoms with van der Waals surface area (Å²) in [5, 5.41) is 12.3. The third kappa shape index (κ3) is 2.07. The average Bonchev–Trinajstić information content (AvgIpc) is 2.96. The van der Waals surface area contributed by atoms with Crippen LogP contribution in [0.25, 0.3) is 0 Å². The second kappa shape index (κ2) is 5.12. The first-order valence-corrected chi connectivity index (χ1v) is 5.94. The Kier molecular flexibility index (Phi) is 3.78. The Hall–Kier alpha value is -0.650. The summed E-state index contributed by atoms with van der Waals surface area (Å²) >= 11 is 0. The minimum absolute atomic E-state index is 0.0191. The van der Waals surface area contributed by atoms with Crippen molar-refractivity contribution in [3.8, 4) is 0 Å². The predicted molar refractivity (Wildman–Crippen MR) is 59.0 cm³/mol. The zero-order chi connectivity index (χ0) is 11.5. The summed E-state index contributed by atoms with van der Waals surface area (Å²) < 4.78 is 5.34. The Morgan fingerprint density at radius 2 is 2.38 bits per heavy atom. The van der Waals surface area contributed by atoms with Crippen LogP contribution in [-0.2, 0) is 9.53 Å². The first-order valence-electron chi connectivity index (χ1n) is 5.94. The maximum Gasteiger partial charge on any atom is 0.230 e. The Balaban J connectivity index is 2.00. The highest BCUT2D eigenvalue weighted by atomic mass is 16.5. The van der Waals surface area contributed by atoms with E-state index < -0.39 is 0 Å². The lowest BCUT2D eigenvalue weighted by Gasteiger charge is -2.27. The lowest BCUT2D eigenvalue weighted by molar-refractivity contribution is -0.137. The molecule has 0 aromatic heterocycles. The molecule has 1 amide bonds. The van der Waals surface area contributed by atoms with Crippen LogP contribution < -0.4 is 5.32 Å². The number of aliphatic hydroxyl groups is 1. The van der Waals surface area contributed by atoms with Gasteiger partial charge >= 0.3 is 0 Å². The fourth-order valence-corrected chi connectivity index (χ4v) is 2.61. The van der Waals surface area contributed by atoms with Crippen LogP contribution >= 0.6 is 0 Å². The molecule has 2 saturated heterocycles. The summed E-state index contributed by atoms with van der Waals surface area (Å²) in [5.74, 6) is 0.0468. The molecule has 2 rings (SSSR count). The molecule has 92 valence electrons. The lowest BCUT2D eigenvalue weighted by Crippen LogP contribution is -2.47. The molecule has 2 unspecified atom stereocenters. The molecule has 2 fully saturated rings. The number of rotatable bonds is 3. The molecule has 0 aromatic rings. The zero-order valence-electron chi connectivity index (χ0n) is 9.69. The molecule has 0 radical (unpaired) electrons. The van der Waals surface area contributed by atoms with Crippen molar-refractivity contribution < 1.29 is 14.6 Å². The molecular weight excluding hydrogens is 208 g/mol. The van der Waals surface area contributed by atoms with Crippen LogP contribution in [0.4, 0.5) is 0 Å². The number of likely N-dealkylation sites (tertiary alicyclic amines) is 1. The number of ether oxygens (including phenoxy) is 1. The third-order valence-corrected chi connectivity index (χ3v) is 3.64. The van der Waals surface area contributed by atoms with Gasteiger partial charge < -0.3 is 20.1 Å². The van der Waals surface area contributed by atoms with Crippen molar-refractivity contribution in [2.75, 3.05) is 33.4 Å². The van der Waals surface area contributed by atoms with Crippen molar-refractivity contribution in [3.63, 3.8) is 0 Å². The predicted octanol–water partition coefficient (Wildman–Crippen LogP) is -0.796. The van der Waals surface area contributed by atoms with Crippen LogP contribution in [0.2, 0.25) is 0 Å². The van der Waals surface area contributed by atoms with E-state index in [2.05, 4.69) is 5.32 Å². The van der Waals surface area contributed by atoms with E-state index in [0.29, 0.717) is 13.2 Å². The zero-order valence-corrected chi connectivity index (χ0v) is 9.69. The van der Waals surface area contributed by atoms with Crippen LogP contribution in [0.3, 0.4) is 0 Å². The van der Waals surface area contributed by atoms with Crippen molar-refractivity contribution in [1.29, 1.82) is 0 Å². The van der Waals surface area contributed by atoms with Crippen molar-refractivity contribution >= 4 is 5.91 Å². The number of carbonyl (C=O) groups is 1. The van der Waals surface area contributed by atoms with E-state index in [1.54, 1.807) is 0 Å². The van der Waals surface area contributed by atoms with Gasteiger partial charge in [0.25, 0.3) is 0 Å². The average molecular weight is 228 g/mol. The molecule has 2 aliphatic heterocycles. The molecule has 3 atom stereocenters. The number of amides is 1. The number of hydrogen-bond donors (Lipinski definition) is 2. The monoisotopic (exact) mass is 228 g/mol. The van der Waals surface area contributed by atoms with Gasteiger partial charge in [-0.2, -0.15) is 0 Å². The number of nitrogens with zero attached hydrogens (tertiary/aromatic N) is 1. The molecule has 2 aliphatic rings. The van der Waals surface area contributed by atoms with Gasteiger partial charge in [0.1, 0.15) is 0 Å². The lowest BCUT2D eigenvalue weighted by atomic mass is 10.0. The van der Waals surface area contributed by atoms with E-state index in [4.69, 9.17) is 4.74 Å². The third-order valence-electron chi connectivity index (χ3n) is 3.64. The number of hydrogen-bond acceptors (Lipinski definition) is 4. The Bertz CT molecular complexity index is 236. The topological polar surface area (TPSA) is 61.8 Å². The largest absolute Gasteiger partial charge is 0.394 e. The van der Waals surface area contributed by atoms with Gasteiger partial charge in [0.05, 0.1) is 31.8 Å². The maximum atomic E-state index is 12.3. The minimum atomic E-state index is -0.0860. The fraction of sp³-hybridized carbons (Fsp3) is 0.909. The first-order chi connectivity index (χ1) is 7.77. The molecular formula is C11H20N2O3. The number of likely N-dealkylation sites (N-methyl/N-ethyl adjacent to an activating group) is 1. The second-order valence-corrected chi connectivity index (χ2v) is 4.55. The summed E-state index contributed by atoms with van der Waals surface area (Å²) in [4.78, 5) is 14.1. The van der Waals surface area contributed by atoms with E-state index in [1.165, 1.54) is 0 Å². The van der Waals surface area contributed by atoms with Crippen molar-refractivity contribution in [2.45, 2.75) is 24.9 Å². The van der Waals surface area contributed by atoms with E-state index in [9.17, 15) is 9.90 Å². The van der Waals surface area contributed by atoms with Crippen LogP contribution in [0.15, 0.2) is 0 Å². The van der Waals surface area contributed by atoms with Crippen molar-refractivity contribution in [3.05, 3.63) is 0 Å². The smallest absolute Gasteiger partial charge is 0.230 e. The van der Waals surface area contributed by atoms with Gasteiger partial charge in [-0.3, -0.25) is 4.79 Å². The highest BCUT2D eigenvalue weighted by Gasteiger charge is 2.39. The molecule has 2 heterocycles. The van der Waals surface area contributed by atoms with Crippen LogP contribution in [0, 0.1) is 5.92 Å². The van der Waals surface area contributed by atoms with Gasteiger partial charge in [0, 0.05) is 12.6 Å².